The molecule has 0 heterocycles. The predicted molar refractivity (Wildman–Crippen MR) is 84.3 cm³/mol. The number of halogens is 1. The Labute approximate surface area is 128 Å². The summed E-state index contributed by atoms with van der Waals surface area (Å²) in [6.45, 7) is 2.41. The monoisotopic (exact) mass is 326 g/mol. The Kier molecular flexibility index (Phi) is 4.59. The molecule has 0 saturated carbocycles. The van der Waals surface area contributed by atoms with Gasteiger partial charge in [-0.25, -0.2) is 8.42 Å². The second-order valence-electron chi connectivity index (χ2n) is 4.22. The third-order valence-electron chi connectivity index (χ3n) is 2.68. The van der Waals surface area contributed by atoms with E-state index in [9.17, 15) is 8.42 Å². The lowest BCUT2D eigenvalue weighted by Crippen LogP contribution is -2.15. The van der Waals surface area contributed by atoms with Crippen LogP contribution in [-0.2, 0) is 10.0 Å². The molecule has 7 heteroatoms. The number of nitrogens with one attached hydrogen (secondary N) is 1. The van der Waals surface area contributed by atoms with Crippen LogP contribution in [0.25, 0.3) is 0 Å². The molecule has 3 N–H and O–H groups in total. The molecular weight excluding hydrogens is 312 g/mol. The normalized spacial score (nSPS) is 11.1. The maximum atomic E-state index is 12.3. The Balaban J connectivity index is 2.29. The molecule has 0 unspecified atom stereocenters. The van der Waals surface area contributed by atoms with Gasteiger partial charge in [0, 0.05) is 5.69 Å². The van der Waals surface area contributed by atoms with Crippen molar-refractivity contribution in [1.82, 2.24) is 0 Å². The van der Waals surface area contributed by atoms with Crippen molar-refractivity contribution in [2.75, 3.05) is 17.1 Å². The second kappa shape index (κ2) is 6.24. The molecule has 0 radical (unpaired) electrons. The summed E-state index contributed by atoms with van der Waals surface area (Å²) >= 11 is 5.93. The molecular formula is C14H15ClN2O3S. The number of benzene rings is 2. The summed E-state index contributed by atoms with van der Waals surface area (Å²) < 4.78 is 32.4. The minimum absolute atomic E-state index is 0.0773. The van der Waals surface area contributed by atoms with E-state index in [4.69, 9.17) is 22.1 Å². The highest BCUT2D eigenvalue weighted by Gasteiger charge is 2.21. The minimum Gasteiger partial charge on any atom is -0.494 e. The molecule has 0 aliphatic carbocycles. The van der Waals surface area contributed by atoms with Crippen LogP contribution >= 0.6 is 11.6 Å². The fraction of sp³-hybridized carbons (Fsp3) is 0.143. The first kappa shape index (κ1) is 15.5. The van der Waals surface area contributed by atoms with E-state index in [2.05, 4.69) is 4.72 Å². The van der Waals surface area contributed by atoms with Gasteiger partial charge in [-0.05, 0) is 43.3 Å². The molecule has 0 fully saturated rings. The standard InChI is InChI=1S/C14H15ClN2O3S/c1-2-20-11-8-6-10(7-9-11)17-21(18,19)14-12(15)4-3-5-13(14)16/h3-9,17H,2,16H2,1H3. The molecule has 2 rings (SSSR count). The van der Waals surface area contributed by atoms with Crippen LogP contribution in [0.2, 0.25) is 5.02 Å². The van der Waals surface area contributed by atoms with Crippen LogP contribution in [0.4, 0.5) is 11.4 Å². The van der Waals surface area contributed by atoms with E-state index in [-0.39, 0.29) is 15.6 Å². The molecule has 0 amide bonds. The van der Waals surface area contributed by atoms with Gasteiger partial charge in [0.1, 0.15) is 10.6 Å². The van der Waals surface area contributed by atoms with Gasteiger partial charge in [0.2, 0.25) is 0 Å². The number of nitrogen functional groups attached to an aromatic ring is 1. The summed E-state index contributed by atoms with van der Waals surface area (Å²) in [5.74, 6) is 0.665. The van der Waals surface area contributed by atoms with E-state index >= 15 is 0 Å². The molecule has 21 heavy (non-hydrogen) atoms. The third kappa shape index (κ3) is 3.59. The molecule has 0 bridgehead atoms. The Hall–Kier alpha value is -1.92. The summed E-state index contributed by atoms with van der Waals surface area (Å²) in [6.07, 6.45) is 0. The molecule has 112 valence electrons. The largest absolute Gasteiger partial charge is 0.494 e. The topological polar surface area (TPSA) is 81.4 Å². The van der Waals surface area contributed by atoms with Crippen LogP contribution in [0, 0.1) is 0 Å². The highest BCUT2D eigenvalue weighted by atomic mass is 35.5. The van der Waals surface area contributed by atoms with Gasteiger partial charge in [0.15, 0.2) is 0 Å². The van der Waals surface area contributed by atoms with E-state index in [1.54, 1.807) is 30.3 Å². The van der Waals surface area contributed by atoms with E-state index in [0.29, 0.717) is 18.0 Å². The van der Waals surface area contributed by atoms with Gasteiger partial charge in [-0.15, -0.1) is 0 Å². The van der Waals surface area contributed by atoms with Crippen LogP contribution in [0.1, 0.15) is 6.92 Å². The van der Waals surface area contributed by atoms with E-state index < -0.39 is 10.0 Å². The Morgan fingerprint density at radius 3 is 2.43 bits per heavy atom. The first-order valence-corrected chi connectivity index (χ1v) is 8.10. The second-order valence-corrected chi connectivity index (χ2v) is 6.25. The lowest BCUT2D eigenvalue weighted by molar-refractivity contribution is 0.340. The van der Waals surface area contributed by atoms with E-state index in [1.165, 1.54) is 12.1 Å². The SMILES string of the molecule is CCOc1ccc(NS(=O)(=O)c2c(N)cccc2Cl)cc1. The van der Waals surface area contributed by atoms with Gasteiger partial charge in [0.25, 0.3) is 10.0 Å². The first-order chi connectivity index (χ1) is 9.94. The lowest BCUT2D eigenvalue weighted by Gasteiger charge is -2.12. The molecule has 5 nitrogen and oxygen atoms in total. The number of anilines is 2. The van der Waals surface area contributed by atoms with Crippen LogP contribution in [0.15, 0.2) is 47.4 Å². The molecule has 2 aromatic rings. The minimum atomic E-state index is -3.85. The van der Waals surface area contributed by atoms with Gasteiger partial charge in [0.05, 0.1) is 17.3 Å². The Bertz CT molecular complexity index is 710. The third-order valence-corrected chi connectivity index (χ3v) is 4.61. The highest BCUT2D eigenvalue weighted by molar-refractivity contribution is 7.93. The average molecular weight is 327 g/mol. The maximum Gasteiger partial charge on any atom is 0.265 e. The van der Waals surface area contributed by atoms with Crippen LogP contribution in [0.3, 0.4) is 0 Å². The number of hydrogen-bond acceptors (Lipinski definition) is 4. The fourth-order valence-electron chi connectivity index (χ4n) is 1.80. The van der Waals surface area contributed by atoms with Crippen molar-refractivity contribution in [3.05, 3.63) is 47.5 Å². The van der Waals surface area contributed by atoms with Crippen LogP contribution < -0.4 is 15.2 Å². The van der Waals surface area contributed by atoms with Crippen molar-refractivity contribution in [2.45, 2.75) is 11.8 Å². The summed E-state index contributed by atoms with van der Waals surface area (Å²) in [4.78, 5) is -0.124. The zero-order valence-electron chi connectivity index (χ0n) is 11.3. The highest BCUT2D eigenvalue weighted by Crippen LogP contribution is 2.29. The van der Waals surface area contributed by atoms with E-state index in [0.717, 1.165) is 0 Å². The smallest absolute Gasteiger partial charge is 0.265 e. The quantitative estimate of drug-likeness (QED) is 0.827. The zero-order chi connectivity index (χ0) is 15.5. The fourth-order valence-corrected chi connectivity index (χ4v) is 3.54. The van der Waals surface area contributed by atoms with Gasteiger partial charge in [-0.1, -0.05) is 17.7 Å². The summed E-state index contributed by atoms with van der Waals surface area (Å²) in [5, 5.41) is 0.0773. The molecule has 0 aliphatic heterocycles. The number of sulfonamides is 1. The lowest BCUT2D eigenvalue weighted by atomic mass is 10.3. The molecule has 2 aromatic carbocycles. The number of ether oxygens (including phenoxy) is 1. The van der Waals surface area contributed by atoms with Crippen molar-refractivity contribution in [2.24, 2.45) is 0 Å². The van der Waals surface area contributed by atoms with E-state index in [1.807, 2.05) is 6.92 Å². The summed E-state index contributed by atoms with van der Waals surface area (Å²) in [7, 11) is -3.85. The van der Waals surface area contributed by atoms with Crippen LogP contribution in [0.5, 0.6) is 5.75 Å². The molecule has 0 aromatic heterocycles. The van der Waals surface area contributed by atoms with Crippen molar-refractivity contribution >= 4 is 33.0 Å². The first-order valence-electron chi connectivity index (χ1n) is 6.23. The molecule has 0 spiro atoms. The number of hydrogen-bond donors (Lipinski definition) is 2. The van der Waals surface area contributed by atoms with Crippen molar-refractivity contribution < 1.29 is 13.2 Å². The van der Waals surface area contributed by atoms with Crippen molar-refractivity contribution in [3.8, 4) is 5.75 Å². The summed E-state index contributed by atoms with van der Waals surface area (Å²) in [5.41, 5.74) is 6.20. The molecule has 0 atom stereocenters. The van der Waals surface area contributed by atoms with Gasteiger partial charge < -0.3 is 10.5 Å². The van der Waals surface area contributed by atoms with Gasteiger partial charge in [-0.2, -0.15) is 0 Å². The molecule has 0 aliphatic rings. The number of rotatable bonds is 5. The van der Waals surface area contributed by atoms with Gasteiger partial charge in [-0.3, -0.25) is 4.72 Å². The van der Waals surface area contributed by atoms with Crippen molar-refractivity contribution in [1.29, 1.82) is 0 Å². The average Bonchev–Trinajstić information content (AvgIpc) is 2.40. The zero-order valence-corrected chi connectivity index (χ0v) is 12.9. The maximum absolute atomic E-state index is 12.3. The Morgan fingerprint density at radius 1 is 1.19 bits per heavy atom. The summed E-state index contributed by atoms with van der Waals surface area (Å²) in [6, 6.07) is 11.1. The Morgan fingerprint density at radius 2 is 1.86 bits per heavy atom. The van der Waals surface area contributed by atoms with Crippen LogP contribution in [-0.4, -0.2) is 15.0 Å². The molecule has 0 saturated heterocycles. The van der Waals surface area contributed by atoms with Crippen molar-refractivity contribution in [3.63, 3.8) is 0 Å². The van der Waals surface area contributed by atoms with Gasteiger partial charge >= 0.3 is 0 Å². The number of nitrogens with two attached hydrogens (primary N) is 1. The predicted octanol–water partition coefficient (Wildman–Crippen LogP) is 3.12.